The van der Waals surface area contributed by atoms with Crippen molar-refractivity contribution in [2.75, 3.05) is 14.2 Å². The fourth-order valence-corrected chi connectivity index (χ4v) is 2.65. The third-order valence-electron chi connectivity index (χ3n) is 3.90. The first-order chi connectivity index (χ1) is 11.7. The molecular formula is C21H18O3. The molecule has 0 unspecified atom stereocenters. The van der Waals surface area contributed by atoms with Gasteiger partial charge in [-0.15, -0.1) is 0 Å². The summed E-state index contributed by atoms with van der Waals surface area (Å²) in [5.74, 6) is 1.28. The van der Waals surface area contributed by atoms with Crippen LogP contribution in [0.2, 0.25) is 0 Å². The Morgan fingerprint density at radius 1 is 0.875 bits per heavy atom. The Morgan fingerprint density at radius 2 is 1.62 bits per heavy atom. The van der Waals surface area contributed by atoms with Crippen LogP contribution in [0.1, 0.15) is 15.9 Å². The minimum absolute atomic E-state index is 0.0838. The van der Waals surface area contributed by atoms with Crippen LogP contribution < -0.4 is 9.47 Å². The maximum absolute atomic E-state index is 12.7. The van der Waals surface area contributed by atoms with Gasteiger partial charge in [-0.2, -0.15) is 0 Å². The number of ketones is 1. The van der Waals surface area contributed by atoms with Crippen LogP contribution in [0.5, 0.6) is 11.5 Å². The number of allylic oxidation sites excluding steroid dienone is 1. The Hall–Kier alpha value is -3.07. The summed E-state index contributed by atoms with van der Waals surface area (Å²) in [5, 5.41) is 1.90. The van der Waals surface area contributed by atoms with Gasteiger partial charge in [-0.3, -0.25) is 4.79 Å². The lowest BCUT2D eigenvalue weighted by Gasteiger charge is -2.09. The normalized spacial score (nSPS) is 10.9. The van der Waals surface area contributed by atoms with Gasteiger partial charge in [0.15, 0.2) is 5.78 Å². The standard InChI is InChI=1S/C21H18O3/c1-23-17-11-7-15(8-12-17)9-13-19(22)21-18-6-4-3-5-16(18)10-14-20(21)24-2/h3-14H,1-2H3. The summed E-state index contributed by atoms with van der Waals surface area (Å²) >= 11 is 0. The summed E-state index contributed by atoms with van der Waals surface area (Å²) < 4.78 is 10.5. The van der Waals surface area contributed by atoms with Crippen molar-refractivity contribution in [1.29, 1.82) is 0 Å². The highest BCUT2D eigenvalue weighted by Crippen LogP contribution is 2.28. The lowest BCUT2D eigenvalue weighted by atomic mass is 9.99. The van der Waals surface area contributed by atoms with Crippen LogP contribution in [0.15, 0.2) is 66.7 Å². The first kappa shape index (κ1) is 15.8. The molecule has 120 valence electrons. The number of hydrogen-bond donors (Lipinski definition) is 0. The van der Waals surface area contributed by atoms with Crippen molar-refractivity contribution in [3.63, 3.8) is 0 Å². The van der Waals surface area contributed by atoms with Gasteiger partial charge in [-0.1, -0.05) is 48.5 Å². The SMILES string of the molecule is COc1ccc(C=CC(=O)c2c(OC)ccc3ccccc23)cc1. The first-order valence-electron chi connectivity index (χ1n) is 7.65. The highest BCUT2D eigenvalue weighted by molar-refractivity contribution is 6.16. The van der Waals surface area contributed by atoms with Crippen LogP contribution in [-0.4, -0.2) is 20.0 Å². The first-order valence-corrected chi connectivity index (χ1v) is 7.65. The Labute approximate surface area is 141 Å². The zero-order valence-electron chi connectivity index (χ0n) is 13.7. The van der Waals surface area contributed by atoms with Gasteiger partial charge in [0, 0.05) is 0 Å². The summed E-state index contributed by atoms with van der Waals surface area (Å²) in [5.41, 5.74) is 1.52. The zero-order valence-corrected chi connectivity index (χ0v) is 13.7. The number of benzene rings is 3. The minimum atomic E-state index is -0.0838. The molecule has 3 rings (SSSR count). The predicted molar refractivity (Wildman–Crippen MR) is 96.9 cm³/mol. The third kappa shape index (κ3) is 3.15. The monoisotopic (exact) mass is 318 g/mol. The van der Waals surface area contributed by atoms with E-state index in [4.69, 9.17) is 9.47 Å². The maximum atomic E-state index is 12.7. The number of methoxy groups -OCH3 is 2. The van der Waals surface area contributed by atoms with Crippen molar-refractivity contribution < 1.29 is 14.3 Å². The van der Waals surface area contributed by atoms with E-state index >= 15 is 0 Å². The van der Waals surface area contributed by atoms with Gasteiger partial charge in [0.1, 0.15) is 11.5 Å². The van der Waals surface area contributed by atoms with Crippen molar-refractivity contribution in [3.8, 4) is 11.5 Å². The molecule has 0 aliphatic carbocycles. The summed E-state index contributed by atoms with van der Waals surface area (Å²) in [4.78, 5) is 12.7. The van der Waals surface area contributed by atoms with Crippen LogP contribution in [-0.2, 0) is 0 Å². The van der Waals surface area contributed by atoms with Crippen LogP contribution >= 0.6 is 0 Å². The van der Waals surface area contributed by atoms with E-state index in [-0.39, 0.29) is 5.78 Å². The van der Waals surface area contributed by atoms with E-state index in [2.05, 4.69) is 0 Å². The molecule has 24 heavy (non-hydrogen) atoms. The number of ether oxygens (including phenoxy) is 2. The molecule has 0 bridgehead atoms. The van der Waals surface area contributed by atoms with Crippen LogP contribution in [0, 0.1) is 0 Å². The molecule has 0 spiro atoms. The topological polar surface area (TPSA) is 35.5 Å². The van der Waals surface area contributed by atoms with E-state index in [1.165, 1.54) is 0 Å². The van der Waals surface area contributed by atoms with Crippen molar-refractivity contribution in [3.05, 3.63) is 77.9 Å². The number of fused-ring (bicyclic) bond motifs is 1. The van der Waals surface area contributed by atoms with E-state index in [1.807, 2.05) is 60.7 Å². The molecule has 0 amide bonds. The fraction of sp³-hybridized carbons (Fsp3) is 0.0952. The molecule has 3 heteroatoms. The van der Waals surface area contributed by atoms with Crippen molar-refractivity contribution in [2.45, 2.75) is 0 Å². The molecule has 0 saturated carbocycles. The van der Waals surface area contributed by atoms with Crippen molar-refractivity contribution in [1.82, 2.24) is 0 Å². The van der Waals surface area contributed by atoms with E-state index in [0.29, 0.717) is 11.3 Å². The number of carbonyl (C=O) groups excluding carboxylic acids is 1. The molecule has 0 fully saturated rings. The number of rotatable bonds is 5. The predicted octanol–water partition coefficient (Wildman–Crippen LogP) is 4.75. The average Bonchev–Trinajstić information content (AvgIpc) is 2.65. The van der Waals surface area contributed by atoms with Gasteiger partial charge >= 0.3 is 0 Å². The minimum Gasteiger partial charge on any atom is -0.497 e. The molecule has 3 aromatic carbocycles. The third-order valence-corrected chi connectivity index (χ3v) is 3.90. The van der Waals surface area contributed by atoms with Gasteiger partial charge in [-0.25, -0.2) is 0 Å². The molecule has 0 N–H and O–H groups in total. The highest BCUT2D eigenvalue weighted by atomic mass is 16.5. The fourth-order valence-electron chi connectivity index (χ4n) is 2.65. The average molecular weight is 318 g/mol. The second kappa shape index (κ2) is 7.01. The van der Waals surface area contributed by atoms with Crippen molar-refractivity contribution in [2.24, 2.45) is 0 Å². The van der Waals surface area contributed by atoms with Gasteiger partial charge < -0.3 is 9.47 Å². The molecular weight excluding hydrogens is 300 g/mol. The summed E-state index contributed by atoms with van der Waals surface area (Å²) in [6.07, 6.45) is 3.37. The van der Waals surface area contributed by atoms with Gasteiger partial charge in [0.05, 0.1) is 19.8 Å². The highest BCUT2D eigenvalue weighted by Gasteiger charge is 2.13. The van der Waals surface area contributed by atoms with Crippen LogP contribution in [0.3, 0.4) is 0 Å². The summed E-state index contributed by atoms with van der Waals surface area (Å²) in [6.45, 7) is 0. The quantitative estimate of drug-likeness (QED) is 0.503. The Bertz CT molecular complexity index is 893. The second-order valence-electron chi connectivity index (χ2n) is 5.33. The van der Waals surface area contributed by atoms with E-state index in [9.17, 15) is 4.79 Å². The summed E-state index contributed by atoms with van der Waals surface area (Å²) in [7, 11) is 3.20. The molecule has 0 aliphatic heterocycles. The smallest absolute Gasteiger partial charge is 0.190 e. The van der Waals surface area contributed by atoms with Crippen molar-refractivity contribution >= 4 is 22.6 Å². The zero-order chi connectivity index (χ0) is 16.9. The Balaban J connectivity index is 1.96. The van der Waals surface area contributed by atoms with Crippen LogP contribution in [0.4, 0.5) is 0 Å². The molecule has 0 aromatic heterocycles. The van der Waals surface area contributed by atoms with E-state index in [1.54, 1.807) is 26.4 Å². The Kier molecular flexibility index (Phi) is 4.62. The second-order valence-corrected chi connectivity index (χ2v) is 5.33. The molecule has 0 aliphatic rings. The largest absolute Gasteiger partial charge is 0.497 e. The molecule has 0 radical (unpaired) electrons. The lowest BCUT2D eigenvalue weighted by Crippen LogP contribution is -2.00. The van der Waals surface area contributed by atoms with Gasteiger partial charge in [0.2, 0.25) is 0 Å². The molecule has 3 nitrogen and oxygen atoms in total. The maximum Gasteiger partial charge on any atom is 0.190 e. The molecule has 3 aromatic rings. The molecule has 0 atom stereocenters. The molecule has 0 heterocycles. The van der Waals surface area contributed by atoms with E-state index in [0.717, 1.165) is 22.1 Å². The van der Waals surface area contributed by atoms with E-state index < -0.39 is 0 Å². The lowest BCUT2D eigenvalue weighted by molar-refractivity contribution is 0.104. The number of hydrogen-bond acceptors (Lipinski definition) is 3. The Morgan fingerprint density at radius 3 is 2.33 bits per heavy atom. The summed E-state index contributed by atoms with van der Waals surface area (Å²) in [6, 6.07) is 19.1. The molecule has 0 saturated heterocycles. The van der Waals surface area contributed by atoms with Gasteiger partial charge in [-0.05, 0) is 40.6 Å². The number of carbonyl (C=O) groups is 1. The van der Waals surface area contributed by atoms with Gasteiger partial charge in [0.25, 0.3) is 0 Å². The van der Waals surface area contributed by atoms with Crippen LogP contribution in [0.25, 0.3) is 16.8 Å².